The molecule has 0 aliphatic carbocycles. The number of nitrogens with one attached hydrogen (secondary N) is 3. The summed E-state index contributed by atoms with van der Waals surface area (Å²) in [6.07, 6.45) is 0.847. The topological polar surface area (TPSA) is 79.5 Å². The van der Waals surface area contributed by atoms with Gasteiger partial charge in [-0.3, -0.25) is 9.59 Å². The van der Waals surface area contributed by atoms with E-state index in [1.807, 2.05) is 45.9 Å². The fraction of sp³-hybridized carbons (Fsp3) is 0.364. The number of hydrogen-bond acceptors (Lipinski definition) is 4. The van der Waals surface area contributed by atoms with Crippen LogP contribution in [0.25, 0.3) is 0 Å². The molecule has 6 heteroatoms. The summed E-state index contributed by atoms with van der Waals surface area (Å²) in [5.41, 5.74) is 1.74. The first-order valence-electron chi connectivity index (χ1n) is 9.52. The van der Waals surface area contributed by atoms with E-state index in [4.69, 9.17) is 4.74 Å². The van der Waals surface area contributed by atoms with Crippen LogP contribution in [0.4, 0.5) is 11.4 Å². The maximum Gasteiger partial charge on any atom is 0.251 e. The van der Waals surface area contributed by atoms with Crippen molar-refractivity contribution in [2.24, 2.45) is 0 Å². The molecule has 0 heterocycles. The molecule has 0 spiro atoms. The van der Waals surface area contributed by atoms with Crippen molar-refractivity contribution in [2.45, 2.75) is 39.7 Å². The summed E-state index contributed by atoms with van der Waals surface area (Å²) in [7, 11) is 0. The molecule has 0 aromatic heterocycles. The minimum atomic E-state index is -0.246. The average Bonchev–Trinajstić information content (AvgIpc) is 2.68. The van der Waals surface area contributed by atoms with Gasteiger partial charge in [0.15, 0.2) is 0 Å². The maximum absolute atomic E-state index is 12.3. The van der Waals surface area contributed by atoms with Gasteiger partial charge in [-0.05, 0) is 63.6 Å². The normalized spacial score (nSPS) is 10.9. The van der Waals surface area contributed by atoms with Gasteiger partial charge < -0.3 is 20.7 Å². The number of ether oxygens (including phenoxy) is 1. The standard InChI is InChI=1S/C22H29N3O3/c1-5-22(3,4)25-21(27)16-11-13-17(14-12-16)23-15-20(26)24-18-9-7-8-10-19(18)28-6-2/h7-14,23H,5-6,15H2,1-4H3,(H,24,26)(H,25,27). The van der Waals surface area contributed by atoms with Gasteiger partial charge in [0, 0.05) is 16.8 Å². The molecule has 2 amide bonds. The number of para-hydroxylation sites is 2. The molecule has 0 saturated heterocycles. The first-order valence-corrected chi connectivity index (χ1v) is 9.52. The molecule has 2 aromatic carbocycles. The molecule has 0 aliphatic heterocycles. The van der Waals surface area contributed by atoms with Crippen LogP contribution in [0.5, 0.6) is 5.75 Å². The molecule has 0 atom stereocenters. The third-order valence-corrected chi connectivity index (χ3v) is 4.40. The van der Waals surface area contributed by atoms with Crippen LogP contribution in [0.1, 0.15) is 44.5 Å². The Morgan fingerprint density at radius 2 is 1.68 bits per heavy atom. The van der Waals surface area contributed by atoms with Gasteiger partial charge in [-0.1, -0.05) is 19.1 Å². The zero-order valence-electron chi connectivity index (χ0n) is 17.0. The highest BCUT2D eigenvalue weighted by atomic mass is 16.5. The van der Waals surface area contributed by atoms with Crippen LogP contribution >= 0.6 is 0 Å². The molecule has 0 bridgehead atoms. The zero-order valence-corrected chi connectivity index (χ0v) is 17.0. The second-order valence-electron chi connectivity index (χ2n) is 7.10. The summed E-state index contributed by atoms with van der Waals surface area (Å²) in [6.45, 7) is 8.54. The van der Waals surface area contributed by atoms with E-state index in [0.717, 1.165) is 12.1 Å². The van der Waals surface area contributed by atoms with Crippen molar-refractivity contribution < 1.29 is 14.3 Å². The number of rotatable bonds is 9. The highest BCUT2D eigenvalue weighted by Crippen LogP contribution is 2.23. The highest BCUT2D eigenvalue weighted by molar-refractivity contribution is 5.96. The van der Waals surface area contributed by atoms with Gasteiger partial charge in [0.05, 0.1) is 18.8 Å². The number of carbonyl (C=O) groups excluding carboxylic acids is 2. The molecular formula is C22H29N3O3. The lowest BCUT2D eigenvalue weighted by Gasteiger charge is -2.24. The van der Waals surface area contributed by atoms with E-state index in [0.29, 0.717) is 23.6 Å². The van der Waals surface area contributed by atoms with Crippen LogP contribution in [0.3, 0.4) is 0 Å². The van der Waals surface area contributed by atoms with Gasteiger partial charge in [-0.25, -0.2) is 0 Å². The molecule has 0 fully saturated rings. The zero-order chi connectivity index (χ0) is 20.6. The lowest BCUT2D eigenvalue weighted by atomic mass is 10.0. The Kier molecular flexibility index (Phi) is 7.44. The highest BCUT2D eigenvalue weighted by Gasteiger charge is 2.18. The second-order valence-corrected chi connectivity index (χ2v) is 7.10. The van der Waals surface area contributed by atoms with Crippen molar-refractivity contribution in [2.75, 3.05) is 23.8 Å². The SMILES string of the molecule is CCOc1ccccc1NC(=O)CNc1ccc(C(=O)NC(C)(C)CC)cc1. The number of amides is 2. The molecule has 0 saturated carbocycles. The van der Waals surface area contributed by atoms with E-state index in [-0.39, 0.29) is 23.9 Å². The Balaban J connectivity index is 1.89. The number of carbonyl (C=O) groups is 2. The third kappa shape index (κ3) is 6.30. The second kappa shape index (κ2) is 9.78. The Hall–Kier alpha value is -3.02. The minimum absolute atomic E-state index is 0.106. The largest absolute Gasteiger partial charge is 0.492 e. The van der Waals surface area contributed by atoms with Gasteiger partial charge >= 0.3 is 0 Å². The van der Waals surface area contributed by atoms with E-state index < -0.39 is 0 Å². The first kappa shape index (κ1) is 21.3. The van der Waals surface area contributed by atoms with Crippen LogP contribution in [-0.4, -0.2) is 30.5 Å². The van der Waals surface area contributed by atoms with E-state index in [1.54, 1.807) is 30.3 Å². The third-order valence-electron chi connectivity index (χ3n) is 4.40. The van der Waals surface area contributed by atoms with Crippen LogP contribution in [0, 0.1) is 0 Å². The molecule has 150 valence electrons. The average molecular weight is 383 g/mol. The Morgan fingerprint density at radius 1 is 1.00 bits per heavy atom. The Bertz CT molecular complexity index is 801. The molecule has 2 aromatic rings. The minimum Gasteiger partial charge on any atom is -0.492 e. The molecule has 2 rings (SSSR count). The van der Waals surface area contributed by atoms with E-state index in [9.17, 15) is 9.59 Å². The van der Waals surface area contributed by atoms with Crippen LogP contribution in [0.2, 0.25) is 0 Å². The monoisotopic (exact) mass is 383 g/mol. The van der Waals surface area contributed by atoms with Crippen molar-refractivity contribution in [3.8, 4) is 5.75 Å². The maximum atomic E-state index is 12.3. The van der Waals surface area contributed by atoms with Crippen molar-refractivity contribution in [1.82, 2.24) is 5.32 Å². The first-order chi connectivity index (χ1) is 13.3. The van der Waals surface area contributed by atoms with Crippen LogP contribution < -0.4 is 20.7 Å². The lowest BCUT2D eigenvalue weighted by molar-refractivity contribution is -0.114. The molecule has 0 aliphatic rings. The van der Waals surface area contributed by atoms with Crippen LogP contribution in [0.15, 0.2) is 48.5 Å². The fourth-order valence-corrected chi connectivity index (χ4v) is 2.44. The number of benzene rings is 2. The summed E-state index contributed by atoms with van der Waals surface area (Å²) in [6, 6.07) is 14.4. The summed E-state index contributed by atoms with van der Waals surface area (Å²) >= 11 is 0. The van der Waals surface area contributed by atoms with Gasteiger partial charge in [-0.2, -0.15) is 0 Å². The van der Waals surface area contributed by atoms with Gasteiger partial charge in [0.2, 0.25) is 5.91 Å². The molecule has 0 radical (unpaired) electrons. The summed E-state index contributed by atoms with van der Waals surface area (Å²) < 4.78 is 5.51. The fourth-order valence-electron chi connectivity index (χ4n) is 2.44. The van der Waals surface area contributed by atoms with Crippen molar-refractivity contribution >= 4 is 23.2 Å². The van der Waals surface area contributed by atoms with Gasteiger partial charge in [0.25, 0.3) is 5.91 Å². The summed E-state index contributed by atoms with van der Waals surface area (Å²) in [4.78, 5) is 24.5. The quantitative estimate of drug-likeness (QED) is 0.610. The molecule has 0 unspecified atom stereocenters. The Labute approximate surface area is 166 Å². The van der Waals surface area contributed by atoms with Crippen molar-refractivity contribution in [1.29, 1.82) is 0 Å². The van der Waals surface area contributed by atoms with Crippen LogP contribution in [-0.2, 0) is 4.79 Å². The van der Waals surface area contributed by atoms with Gasteiger partial charge in [0.1, 0.15) is 5.75 Å². The van der Waals surface area contributed by atoms with Crippen molar-refractivity contribution in [3.05, 3.63) is 54.1 Å². The molecule has 28 heavy (non-hydrogen) atoms. The lowest BCUT2D eigenvalue weighted by Crippen LogP contribution is -2.42. The molecular weight excluding hydrogens is 354 g/mol. The molecule has 3 N–H and O–H groups in total. The van der Waals surface area contributed by atoms with Crippen molar-refractivity contribution in [3.63, 3.8) is 0 Å². The summed E-state index contributed by atoms with van der Waals surface area (Å²) in [5.74, 6) is 0.353. The molecule has 6 nitrogen and oxygen atoms in total. The number of hydrogen-bond donors (Lipinski definition) is 3. The van der Waals surface area contributed by atoms with E-state index in [2.05, 4.69) is 16.0 Å². The number of anilines is 2. The Morgan fingerprint density at radius 3 is 2.32 bits per heavy atom. The van der Waals surface area contributed by atoms with E-state index >= 15 is 0 Å². The smallest absolute Gasteiger partial charge is 0.251 e. The summed E-state index contributed by atoms with van der Waals surface area (Å²) in [5, 5.41) is 8.89. The predicted molar refractivity (Wildman–Crippen MR) is 113 cm³/mol. The van der Waals surface area contributed by atoms with E-state index in [1.165, 1.54) is 0 Å². The predicted octanol–water partition coefficient (Wildman–Crippen LogP) is 4.05. The van der Waals surface area contributed by atoms with Gasteiger partial charge in [-0.15, -0.1) is 0 Å².